The van der Waals surface area contributed by atoms with Gasteiger partial charge in [-0.25, -0.2) is 0 Å². The molecule has 0 spiro atoms. The van der Waals surface area contributed by atoms with Crippen molar-refractivity contribution in [2.24, 2.45) is 0 Å². The highest BCUT2D eigenvalue weighted by Crippen LogP contribution is 2.38. The van der Waals surface area contributed by atoms with Crippen LogP contribution in [0.1, 0.15) is 12.5 Å². The lowest BCUT2D eigenvalue weighted by atomic mass is 10.1. The topological polar surface area (TPSA) is 131 Å². The van der Waals surface area contributed by atoms with E-state index < -0.39 is 16.0 Å². The maximum Gasteiger partial charge on any atom is 0.306 e. The van der Waals surface area contributed by atoms with Crippen LogP contribution in [0.25, 0.3) is 6.08 Å². The molecule has 0 aliphatic carbocycles. The molecule has 0 saturated carbocycles. The fourth-order valence-corrected chi connectivity index (χ4v) is 4.23. The van der Waals surface area contributed by atoms with Crippen LogP contribution in [0.2, 0.25) is 0 Å². The molecule has 0 radical (unpaired) electrons. The van der Waals surface area contributed by atoms with Gasteiger partial charge in [-0.15, -0.1) is 0 Å². The zero-order valence-corrected chi connectivity index (χ0v) is 19.5. The van der Waals surface area contributed by atoms with Gasteiger partial charge in [0.1, 0.15) is 11.6 Å². The second-order valence-corrected chi connectivity index (χ2v) is 9.22. The number of hydrogen-bond acceptors (Lipinski definition) is 10. The summed E-state index contributed by atoms with van der Waals surface area (Å²) in [6, 6.07) is 4.80. The van der Waals surface area contributed by atoms with E-state index in [1.807, 2.05) is 6.07 Å². The Hall–Kier alpha value is -2.14. The number of benzene rings is 1. The molecule has 0 aliphatic heterocycles. The molecule has 1 aromatic carbocycles. The van der Waals surface area contributed by atoms with E-state index in [4.69, 9.17) is 8.92 Å². The minimum atomic E-state index is -3.78. The van der Waals surface area contributed by atoms with Gasteiger partial charge in [-0.1, -0.05) is 11.8 Å². The maximum absolute atomic E-state index is 12.4. The summed E-state index contributed by atoms with van der Waals surface area (Å²) in [7, 11) is -3.78. The molecule has 2 rings (SSSR count). The summed E-state index contributed by atoms with van der Waals surface area (Å²) in [6.45, 7) is 1.97. The van der Waals surface area contributed by atoms with Crippen LogP contribution >= 0.6 is 39.2 Å². The molecule has 1 N–H and O–H groups in total. The summed E-state index contributed by atoms with van der Waals surface area (Å²) in [5.41, 5.74) is 0.243. The molecule has 0 atom stereocenters. The van der Waals surface area contributed by atoms with Crippen LogP contribution < -0.4 is 14.2 Å². The summed E-state index contributed by atoms with van der Waals surface area (Å²) in [5, 5.41) is 12.7. The number of thioether (sulfide) groups is 1. The number of nitrogens with one attached hydrogen (secondary N) is 1. The van der Waals surface area contributed by atoms with Gasteiger partial charge in [0.25, 0.3) is 5.91 Å². The molecule has 0 aliphatic rings. The highest BCUT2D eigenvalue weighted by molar-refractivity contribution is 9.10. The normalized spacial score (nSPS) is 11.6. The van der Waals surface area contributed by atoms with Crippen molar-refractivity contribution in [2.45, 2.75) is 12.1 Å². The van der Waals surface area contributed by atoms with E-state index in [0.717, 1.165) is 17.8 Å². The summed E-state index contributed by atoms with van der Waals surface area (Å²) >= 11 is 5.57. The number of rotatable bonds is 8. The third-order valence-corrected chi connectivity index (χ3v) is 5.41. The predicted molar refractivity (Wildman–Crippen MR) is 115 cm³/mol. The minimum Gasteiger partial charge on any atom is -0.490 e. The van der Waals surface area contributed by atoms with Gasteiger partial charge >= 0.3 is 10.1 Å². The highest BCUT2D eigenvalue weighted by atomic mass is 79.9. The lowest BCUT2D eigenvalue weighted by Crippen LogP contribution is -2.13. The Morgan fingerprint density at radius 3 is 2.76 bits per heavy atom. The quantitative estimate of drug-likeness (QED) is 0.242. The van der Waals surface area contributed by atoms with E-state index >= 15 is 0 Å². The Bertz CT molecular complexity index is 1090. The van der Waals surface area contributed by atoms with Crippen molar-refractivity contribution in [1.82, 2.24) is 9.36 Å². The zero-order chi connectivity index (χ0) is 21.6. The zero-order valence-electron chi connectivity index (χ0n) is 15.4. The minimum absolute atomic E-state index is 0.0204. The van der Waals surface area contributed by atoms with Crippen LogP contribution in [0, 0.1) is 11.3 Å². The van der Waals surface area contributed by atoms with Gasteiger partial charge in [-0.3, -0.25) is 10.1 Å². The number of carbonyl (C=O) groups is 1. The van der Waals surface area contributed by atoms with E-state index in [9.17, 15) is 18.5 Å². The number of nitrogens with zero attached hydrogens (tertiary/aromatic N) is 3. The Kier molecular flexibility index (Phi) is 8.03. The van der Waals surface area contributed by atoms with Crippen molar-refractivity contribution in [3.05, 3.63) is 27.7 Å². The molecule has 1 aromatic heterocycles. The smallest absolute Gasteiger partial charge is 0.306 e. The first kappa shape index (κ1) is 23.1. The number of halogens is 1. The first-order valence-electron chi connectivity index (χ1n) is 7.83. The lowest BCUT2D eigenvalue weighted by molar-refractivity contribution is -0.112. The number of anilines is 1. The Morgan fingerprint density at radius 1 is 1.48 bits per heavy atom. The number of carbonyl (C=O) groups excluding carboxylic acids is 1. The summed E-state index contributed by atoms with van der Waals surface area (Å²) < 4.78 is 37.7. The van der Waals surface area contributed by atoms with Crippen LogP contribution in [0.3, 0.4) is 0 Å². The van der Waals surface area contributed by atoms with Gasteiger partial charge in [-0.2, -0.15) is 23.0 Å². The average molecular weight is 519 g/mol. The number of hydrogen-bond donors (Lipinski definition) is 1. The SMILES string of the molecule is CCOc1cc(/C=C(/C#N)C(=O)Nc2nc(SC)ns2)cc(Br)c1OS(C)(=O)=O. The van der Waals surface area contributed by atoms with E-state index in [1.54, 1.807) is 13.2 Å². The van der Waals surface area contributed by atoms with Crippen molar-refractivity contribution in [3.8, 4) is 17.6 Å². The number of ether oxygens (including phenoxy) is 1. The van der Waals surface area contributed by atoms with Gasteiger partial charge < -0.3 is 8.92 Å². The van der Waals surface area contributed by atoms with Crippen LogP contribution in [0.4, 0.5) is 5.13 Å². The Balaban J connectivity index is 2.36. The van der Waals surface area contributed by atoms with Gasteiger partial charge in [0, 0.05) is 11.5 Å². The van der Waals surface area contributed by atoms with Crippen LogP contribution in [-0.4, -0.2) is 42.8 Å². The number of amides is 1. The molecule has 29 heavy (non-hydrogen) atoms. The Labute approximate surface area is 184 Å². The molecule has 0 saturated heterocycles. The molecule has 2 aromatic rings. The number of nitriles is 1. The molecular formula is C16H15BrN4O5S3. The fraction of sp³-hybridized carbons (Fsp3) is 0.250. The second-order valence-electron chi connectivity index (χ2n) is 5.26. The van der Waals surface area contributed by atoms with E-state index in [-0.39, 0.29) is 33.3 Å². The Morgan fingerprint density at radius 2 is 2.21 bits per heavy atom. The molecule has 0 fully saturated rings. The van der Waals surface area contributed by atoms with Crippen LogP contribution in [0.5, 0.6) is 11.5 Å². The van der Waals surface area contributed by atoms with Crippen molar-refractivity contribution >= 4 is 66.5 Å². The van der Waals surface area contributed by atoms with E-state index in [1.165, 1.54) is 30.0 Å². The monoisotopic (exact) mass is 518 g/mol. The van der Waals surface area contributed by atoms with Crippen molar-refractivity contribution < 1.29 is 22.1 Å². The average Bonchev–Trinajstić information content (AvgIpc) is 3.09. The first-order valence-corrected chi connectivity index (χ1v) is 12.4. The summed E-state index contributed by atoms with van der Waals surface area (Å²) in [5.74, 6) is -0.528. The van der Waals surface area contributed by atoms with Gasteiger partial charge in [-0.05, 0) is 52.9 Å². The highest BCUT2D eigenvalue weighted by Gasteiger charge is 2.18. The van der Waals surface area contributed by atoms with Crippen LogP contribution in [0.15, 0.2) is 27.3 Å². The molecule has 13 heteroatoms. The third-order valence-electron chi connectivity index (χ3n) is 3.05. The maximum atomic E-state index is 12.4. The molecule has 0 unspecified atom stereocenters. The molecule has 154 valence electrons. The molecular weight excluding hydrogens is 504 g/mol. The van der Waals surface area contributed by atoms with Crippen LogP contribution in [-0.2, 0) is 14.9 Å². The van der Waals surface area contributed by atoms with Gasteiger partial charge in [0.05, 0.1) is 17.3 Å². The van der Waals surface area contributed by atoms with Gasteiger partial charge in [0.15, 0.2) is 11.5 Å². The number of aromatic nitrogens is 2. The summed E-state index contributed by atoms with van der Waals surface area (Å²) in [6.07, 6.45) is 4.06. The van der Waals surface area contributed by atoms with E-state index in [2.05, 4.69) is 30.6 Å². The molecule has 9 nitrogen and oxygen atoms in total. The molecule has 1 heterocycles. The van der Waals surface area contributed by atoms with E-state index in [0.29, 0.717) is 10.7 Å². The van der Waals surface area contributed by atoms with Crippen molar-refractivity contribution in [1.29, 1.82) is 5.26 Å². The van der Waals surface area contributed by atoms with Crippen molar-refractivity contribution in [3.63, 3.8) is 0 Å². The molecule has 1 amide bonds. The van der Waals surface area contributed by atoms with Gasteiger partial charge in [0.2, 0.25) is 10.3 Å². The standard InChI is InChI=1S/C16H15BrN4O5S3/c1-4-25-12-7-9(6-11(17)13(12)26-29(3,23)24)5-10(8-18)14(22)19-15-20-16(27-2)21-28-15/h5-7H,4H2,1-3H3,(H,19,20,21,22)/b10-5-. The first-order chi connectivity index (χ1) is 13.7. The third kappa shape index (κ3) is 6.70. The van der Waals surface area contributed by atoms with Crippen molar-refractivity contribution in [2.75, 3.05) is 24.4 Å². The fourth-order valence-electron chi connectivity index (χ4n) is 1.99. The summed E-state index contributed by atoms with van der Waals surface area (Å²) in [4.78, 5) is 16.5. The largest absolute Gasteiger partial charge is 0.490 e. The second kappa shape index (κ2) is 10.1. The lowest BCUT2D eigenvalue weighted by Gasteiger charge is -2.13. The molecule has 0 bridgehead atoms. The predicted octanol–water partition coefficient (Wildman–Crippen LogP) is 3.31.